The van der Waals surface area contributed by atoms with E-state index in [1.807, 2.05) is 67.4 Å². The highest BCUT2D eigenvalue weighted by molar-refractivity contribution is 6.02. The van der Waals surface area contributed by atoms with Crippen LogP contribution >= 0.6 is 0 Å². The number of nitriles is 1. The maximum atomic E-state index is 14.0. The molecular weight excluding hydrogens is 795 g/mol. The number of rotatable bonds is 13. The minimum absolute atomic E-state index is 0.0321. The number of carbonyl (C=O) groups excluding carboxylic acids is 3. The molecule has 0 spiro atoms. The second-order valence-electron chi connectivity index (χ2n) is 17.4. The number of aryl methyl sites for hydroxylation is 1. The molecule has 4 aliphatic rings. The zero-order chi connectivity index (χ0) is 43.6. The number of amides is 3. The molecule has 0 saturated carbocycles. The molecule has 3 saturated heterocycles. The highest BCUT2D eigenvalue weighted by Gasteiger charge is 2.36. The molecule has 3 fully saturated rings. The summed E-state index contributed by atoms with van der Waals surface area (Å²) in [6.07, 6.45) is 5.69. The van der Waals surface area contributed by atoms with Crippen molar-refractivity contribution >= 4 is 34.3 Å². The molecule has 3 amide bonds. The van der Waals surface area contributed by atoms with Gasteiger partial charge in [0.15, 0.2) is 11.5 Å². The number of hydrogen-bond donors (Lipinski definition) is 1. The van der Waals surface area contributed by atoms with Crippen LogP contribution in [0.15, 0.2) is 78.9 Å². The van der Waals surface area contributed by atoms with Crippen LogP contribution in [0.3, 0.4) is 0 Å². The molecule has 0 aliphatic carbocycles. The van der Waals surface area contributed by atoms with Crippen LogP contribution in [-0.4, -0.2) is 77.2 Å². The number of hydrogen-bond acceptors (Lipinski definition) is 10. The van der Waals surface area contributed by atoms with Crippen molar-refractivity contribution in [3.63, 3.8) is 0 Å². The minimum Gasteiger partial charge on any atom is -0.493 e. The van der Waals surface area contributed by atoms with Gasteiger partial charge in [-0.15, -0.1) is 0 Å². The van der Waals surface area contributed by atoms with Crippen molar-refractivity contribution in [1.29, 1.82) is 5.26 Å². The van der Waals surface area contributed by atoms with E-state index in [4.69, 9.17) is 14.2 Å². The van der Waals surface area contributed by atoms with Gasteiger partial charge in [0.1, 0.15) is 11.5 Å². The van der Waals surface area contributed by atoms with E-state index < -0.39 is 12.0 Å². The smallest absolute Gasteiger partial charge is 0.255 e. The standard InChI is InChI=1S/C50H55N7O6/c1-4-62-46-27-35(8-15-45(46)61-3)43(17-22-51)57-31-36-7-9-37(28-42(36)50(57)60)56-25-20-34(21-26-56)33-18-23-55(24-19-33)30-32-5-10-38(11-6-32)63-39-12-13-40-44(29-39)54(2)53-48(40)41-14-16-47(58)52-49(41)59/h5-13,15,27-29,33-34,41,43H,4,14,16-21,23-26,30-31H2,1-3H3,(H,52,58,59). The molecule has 0 bridgehead atoms. The fourth-order valence-corrected chi connectivity index (χ4v) is 10.2. The second kappa shape index (κ2) is 18.1. The van der Waals surface area contributed by atoms with Gasteiger partial charge in [0.2, 0.25) is 11.8 Å². The zero-order valence-corrected chi connectivity index (χ0v) is 36.3. The van der Waals surface area contributed by atoms with E-state index in [2.05, 4.69) is 56.6 Å². The first-order chi connectivity index (χ1) is 30.7. The van der Waals surface area contributed by atoms with Crippen LogP contribution in [0.2, 0.25) is 0 Å². The van der Waals surface area contributed by atoms with Gasteiger partial charge in [0.05, 0.1) is 49.4 Å². The molecule has 5 aromatic rings. The number of imide groups is 1. The summed E-state index contributed by atoms with van der Waals surface area (Å²) < 4.78 is 19.3. The van der Waals surface area contributed by atoms with Crippen molar-refractivity contribution in [3.8, 4) is 29.1 Å². The van der Waals surface area contributed by atoms with Crippen LogP contribution in [0.1, 0.15) is 96.6 Å². The SMILES string of the molecule is CCOc1cc(C(CC#N)N2Cc3ccc(N4CCC(C5CCN(Cc6ccc(Oc7ccc8c(C9CCC(=O)NC9=O)nn(C)c8c7)cc6)CC5)CC4)cc3C2=O)ccc1OC. The van der Waals surface area contributed by atoms with Gasteiger partial charge >= 0.3 is 0 Å². The van der Waals surface area contributed by atoms with Crippen molar-refractivity contribution < 1.29 is 28.6 Å². The van der Waals surface area contributed by atoms with Gasteiger partial charge in [0, 0.05) is 62.4 Å². The summed E-state index contributed by atoms with van der Waals surface area (Å²) in [5.41, 5.74) is 6.51. The van der Waals surface area contributed by atoms with E-state index in [0.29, 0.717) is 54.9 Å². The van der Waals surface area contributed by atoms with E-state index in [0.717, 1.165) is 90.5 Å². The average molecular weight is 850 g/mol. The van der Waals surface area contributed by atoms with Crippen molar-refractivity contribution in [2.24, 2.45) is 18.9 Å². The van der Waals surface area contributed by atoms with E-state index in [-0.39, 0.29) is 24.1 Å². The first kappa shape index (κ1) is 41.9. The minimum atomic E-state index is -0.444. The fourth-order valence-electron chi connectivity index (χ4n) is 10.2. The molecular formula is C50H55N7O6. The van der Waals surface area contributed by atoms with E-state index in [1.54, 1.807) is 11.8 Å². The Morgan fingerprint density at radius 1 is 0.857 bits per heavy atom. The van der Waals surface area contributed by atoms with Gasteiger partial charge in [-0.25, -0.2) is 0 Å². The molecule has 63 heavy (non-hydrogen) atoms. The highest BCUT2D eigenvalue weighted by Crippen LogP contribution is 2.40. The van der Waals surface area contributed by atoms with Gasteiger partial charge < -0.3 is 24.0 Å². The van der Waals surface area contributed by atoms with Crippen molar-refractivity contribution in [2.75, 3.05) is 44.8 Å². The molecule has 13 heteroatoms. The lowest BCUT2D eigenvalue weighted by atomic mass is 9.78. The summed E-state index contributed by atoms with van der Waals surface area (Å²) in [5, 5.41) is 17.8. The Balaban J connectivity index is 0.749. The van der Waals surface area contributed by atoms with Crippen LogP contribution in [-0.2, 0) is 29.7 Å². The largest absolute Gasteiger partial charge is 0.493 e. The van der Waals surface area contributed by atoms with Gasteiger partial charge in [-0.1, -0.05) is 24.3 Å². The number of anilines is 1. The zero-order valence-electron chi connectivity index (χ0n) is 36.3. The third-order valence-electron chi connectivity index (χ3n) is 13.6. The molecule has 1 N–H and O–H groups in total. The predicted octanol–water partition coefficient (Wildman–Crippen LogP) is 8.03. The second-order valence-corrected chi connectivity index (χ2v) is 17.4. The van der Waals surface area contributed by atoms with Crippen LogP contribution in [0.5, 0.6) is 23.0 Å². The molecule has 13 nitrogen and oxygen atoms in total. The molecule has 326 valence electrons. The van der Waals surface area contributed by atoms with Gasteiger partial charge in [-0.05, 0) is 129 Å². The van der Waals surface area contributed by atoms with Crippen molar-refractivity contribution in [3.05, 3.63) is 107 Å². The normalized spacial score (nSPS) is 19.2. The van der Waals surface area contributed by atoms with Crippen molar-refractivity contribution in [1.82, 2.24) is 24.9 Å². The summed E-state index contributed by atoms with van der Waals surface area (Å²) >= 11 is 0. The van der Waals surface area contributed by atoms with E-state index in [9.17, 15) is 19.6 Å². The quantitative estimate of drug-likeness (QED) is 0.116. The van der Waals surface area contributed by atoms with Gasteiger partial charge in [0.25, 0.3) is 5.91 Å². The molecule has 2 atom stereocenters. The Kier molecular flexibility index (Phi) is 12.1. The molecule has 4 aromatic carbocycles. The molecule has 2 unspecified atom stereocenters. The summed E-state index contributed by atoms with van der Waals surface area (Å²) in [6.45, 7) is 7.94. The number of aromatic nitrogens is 2. The lowest BCUT2D eigenvalue weighted by Gasteiger charge is -2.41. The number of nitrogens with one attached hydrogen (secondary N) is 1. The Morgan fingerprint density at radius 2 is 1.60 bits per heavy atom. The summed E-state index contributed by atoms with van der Waals surface area (Å²) in [7, 11) is 3.46. The van der Waals surface area contributed by atoms with Crippen LogP contribution in [0.25, 0.3) is 10.9 Å². The topological polar surface area (TPSA) is 142 Å². The Morgan fingerprint density at radius 3 is 2.32 bits per heavy atom. The Bertz CT molecular complexity index is 2550. The molecule has 9 rings (SSSR count). The summed E-state index contributed by atoms with van der Waals surface area (Å²) in [4.78, 5) is 45.0. The number of nitrogens with zero attached hydrogens (tertiary/aromatic N) is 6. The molecule has 5 heterocycles. The highest BCUT2D eigenvalue weighted by atomic mass is 16.5. The maximum Gasteiger partial charge on any atom is 0.255 e. The lowest BCUT2D eigenvalue weighted by molar-refractivity contribution is -0.134. The first-order valence-electron chi connectivity index (χ1n) is 22.4. The van der Waals surface area contributed by atoms with E-state index in [1.165, 1.54) is 18.4 Å². The lowest BCUT2D eigenvalue weighted by Crippen LogP contribution is -2.40. The Labute approximate surface area is 368 Å². The fraction of sp³-hybridized carbons (Fsp3) is 0.420. The van der Waals surface area contributed by atoms with Crippen LogP contribution in [0.4, 0.5) is 5.69 Å². The molecule has 4 aliphatic heterocycles. The third-order valence-corrected chi connectivity index (χ3v) is 13.6. The van der Waals surface area contributed by atoms with Gasteiger partial charge in [-0.2, -0.15) is 10.4 Å². The van der Waals surface area contributed by atoms with Crippen molar-refractivity contribution in [2.45, 2.75) is 76.9 Å². The monoisotopic (exact) mass is 849 g/mol. The van der Waals surface area contributed by atoms with Crippen LogP contribution < -0.4 is 24.4 Å². The summed E-state index contributed by atoms with van der Waals surface area (Å²) in [6, 6.07) is 28.1. The molecule has 0 radical (unpaired) electrons. The number of ether oxygens (including phenoxy) is 3. The number of piperidine rings is 3. The van der Waals surface area contributed by atoms with Gasteiger partial charge in [-0.3, -0.25) is 29.3 Å². The average Bonchev–Trinajstić information content (AvgIpc) is 3.81. The number of benzene rings is 4. The molecule has 1 aromatic heterocycles. The third kappa shape index (κ3) is 8.69. The number of methoxy groups -OCH3 is 1. The first-order valence-corrected chi connectivity index (χ1v) is 22.4. The Hall–Kier alpha value is -6.39. The van der Waals surface area contributed by atoms with Crippen LogP contribution in [0, 0.1) is 23.2 Å². The van der Waals surface area contributed by atoms with E-state index >= 15 is 0 Å². The number of likely N-dealkylation sites (tertiary alicyclic amines) is 1. The number of carbonyl (C=O) groups is 3. The predicted molar refractivity (Wildman–Crippen MR) is 239 cm³/mol. The summed E-state index contributed by atoms with van der Waals surface area (Å²) in [5.74, 6) is 3.12. The number of fused-ring (bicyclic) bond motifs is 2. The maximum absolute atomic E-state index is 14.0.